The highest BCUT2D eigenvalue weighted by Crippen LogP contribution is 2.23. The lowest BCUT2D eigenvalue weighted by Crippen LogP contribution is -2.28. The Bertz CT molecular complexity index is 411. The lowest BCUT2D eigenvalue weighted by molar-refractivity contribution is -0.116. The predicted molar refractivity (Wildman–Crippen MR) is 62.1 cm³/mol. The second-order valence-corrected chi connectivity index (χ2v) is 3.74. The molecule has 4 heteroatoms. The highest BCUT2D eigenvalue weighted by molar-refractivity contribution is 5.92. The number of hydrogen-bond donors (Lipinski definition) is 3. The van der Waals surface area contributed by atoms with Gasteiger partial charge in [-0.15, -0.1) is 0 Å². The first-order valence-electron chi connectivity index (χ1n) is 4.99. The van der Waals surface area contributed by atoms with Gasteiger partial charge in [-0.25, -0.2) is 0 Å². The van der Waals surface area contributed by atoms with Crippen LogP contribution in [0.2, 0.25) is 0 Å². The summed E-state index contributed by atoms with van der Waals surface area (Å²) in [6.45, 7) is 3.73. The Balaban J connectivity index is 2.73. The third-order valence-corrected chi connectivity index (χ3v) is 1.86. The van der Waals surface area contributed by atoms with Crippen molar-refractivity contribution in [3.8, 4) is 11.5 Å². The van der Waals surface area contributed by atoms with Crippen LogP contribution in [0, 0.1) is 0 Å². The molecule has 0 unspecified atom stereocenters. The number of carbonyl (C=O) groups excluding carboxylic acids is 1. The average Bonchev–Trinajstić information content (AvgIpc) is 2.15. The molecule has 4 nitrogen and oxygen atoms in total. The summed E-state index contributed by atoms with van der Waals surface area (Å²) in [6.07, 6.45) is 2.83. The van der Waals surface area contributed by atoms with Gasteiger partial charge in [0.15, 0.2) is 0 Å². The molecule has 3 N–H and O–H groups in total. The summed E-state index contributed by atoms with van der Waals surface area (Å²) in [5.74, 6) is -0.294. The molecule has 0 saturated heterocycles. The highest BCUT2D eigenvalue weighted by Gasteiger charge is 2.01. The van der Waals surface area contributed by atoms with Gasteiger partial charge in [0.2, 0.25) is 5.91 Å². The summed E-state index contributed by atoms with van der Waals surface area (Å²) >= 11 is 0. The Kier molecular flexibility index (Phi) is 3.94. The number of phenolic OH excluding ortho intramolecular Hbond substituents is 2. The molecule has 0 aliphatic rings. The smallest absolute Gasteiger partial charge is 0.244 e. The molecule has 0 saturated carbocycles. The first-order chi connectivity index (χ1) is 7.49. The van der Waals surface area contributed by atoms with Gasteiger partial charge in [0, 0.05) is 23.7 Å². The van der Waals surface area contributed by atoms with E-state index in [2.05, 4.69) is 5.32 Å². The second kappa shape index (κ2) is 5.21. The molecule has 0 aliphatic carbocycles. The number of amides is 1. The normalized spacial score (nSPS) is 10.9. The molecular formula is C12H15NO3. The van der Waals surface area contributed by atoms with Gasteiger partial charge in [0.05, 0.1) is 0 Å². The average molecular weight is 221 g/mol. The fourth-order valence-corrected chi connectivity index (χ4v) is 1.17. The SMILES string of the molecule is CC(C)NC(=O)C=Cc1ccc(O)cc1O. The maximum absolute atomic E-state index is 11.3. The zero-order chi connectivity index (χ0) is 12.1. The molecule has 0 bridgehead atoms. The van der Waals surface area contributed by atoms with Crippen molar-refractivity contribution in [1.29, 1.82) is 0 Å². The number of rotatable bonds is 3. The van der Waals surface area contributed by atoms with Gasteiger partial charge in [-0.3, -0.25) is 4.79 Å². The van der Waals surface area contributed by atoms with E-state index < -0.39 is 0 Å². The lowest BCUT2D eigenvalue weighted by Gasteiger charge is -2.04. The van der Waals surface area contributed by atoms with Crippen LogP contribution >= 0.6 is 0 Å². The van der Waals surface area contributed by atoms with Crippen molar-refractivity contribution in [3.63, 3.8) is 0 Å². The number of benzene rings is 1. The Morgan fingerprint density at radius 3 is 2.62 bits per heavy atom. The molecule has 1 aromatic carbocycles. The fraction of sp³-hybridized carbons (Fsp3) is 0.250. The van der Waals surface area contributed by atoms with E-state index in [1.165, 1.54) is 30.4 Å². The van der Waals surface area contributed by atoms with Gasteiger partial charge in [-0.1, -0.05) is 0 Å². The maximum atomic E-state index is 11.3. The van der Waals surface area contributed by atoms with Gasteiger partial charge >= 0.3 is 0 Å². The van der Waals surface area contributed by atoms with Gasteiger partial charge in [0.25, 0.3) is 0 Å². The van der Waals surface area contributed by atoms with Crippen LogP contribution < -0.4 is 5.32 Å². The number of aromatic hydroxyl groups is 2. The Morgan fingerprint density at radius 1 is 1.38 bits per heavy atom. The van der Waals surface area contributed by atoms with Crippen LogP contribution in [0.4, 0.5) is 0 Å². The molecular weight excluding hydrogens is 206 g/mol. The topological polar surface area (TPSA) is 69.6 Å². The zero-order valence-corrected chi connectivity index (χ0v) is 9.27. The summed E-state index contributed by atoms with van der Waals surface area (Å²) < 4.78 is 0. The van der Waals surface area contributed by atoms with Crippen molar-refractivity contribution in [2.75, 3.05) is 0 Å². The standard InChI is InChI=1S/C12H15NO3/c1-8(2)13-12(16)6-4-9-3-5-10(14)7-11(9)15/h3-8,14-15H,1-2H3,(H,13,16). The van der Waals surface area contributed by atoms with Crippen molar-refractivity contribution in [2.45, 2.75) is 19.9 Å². The molecule has 0 heterocycles. The van der Waals surface area contributed by atoms with E-state index in [9.17, 15) is 9.90 Å². The quantitative estimate of drug-likeness (QED) is 0.679. The molecule has 0 aliphatic heterocycles. The second-order valence-electron chi connectivity index (χ2n) is 3.74. The van der Waals surface area contributed by atoms with Crippen molar-refractivity contribution >= 4 is 12.0 Å². The van der Waals surface area contributed by atoms with Gasteiger partial charge in [-0.2, -0.15) is 0 Å². The summed E-state index contributed by atoms with van der Waals surface area (Å²) in [4.78, 5) is 11.3. The van der Waals surface area contributed by atoms with Gasteiger partial charge in [-0.05, 0) is 32.1 Å². The van der Waals surface area contributed by atoms with E-state index >= 15 is 0 Å². The molecule has 16 heavy (non-hydrogen) atoms. The summed E-state index contributed by atoms with van der Waals surface area (Å²) in [7, 11) is 0. The molecule has 0 radical (unpaired) electrons. The largest absolute Gasteiger partial charge is 0.508 e. The third-order valence-electron chi connectivity index (χ3n) is 1.86. The summed E-state index contributed by atoms with van der Waals surface area (Å²) in [5, 5.41) is 21.2. The van der Waals surface area contributed by atoms with Crippen molar-refractivity contribution in [2.24, 2.45) is 0 Å². The molecule has 0 fully saturated rings. The fourth-order valence-electron chi connectivity index (χ4n) is 1.17. The van der Waals surface area contributed by atoms with Gasteiger partial charge in [0.1, 0.15) is 11.5 Å². The molecule has 0 spiro atoms. The first-order valence-corrected chi connectivity index (χ1v) is 4.99. The summed E-state index contributed by atoms with van der Waals surface area (Å²) in [6, 6.07) is 4.27. The van der Waals surface area contributed by atoms with E-state index in [-0.39, 0.29) is 23.4 Å². The summed E-state index contributed by atoms with van der Waals surface area (Å²) in [5.41, 5.74) is 0.483. The van der Waals surface area contributed by atoms with Crippen LogP contribution in [0.1, 0.15) is 19.4 Å². The van der Waals surface area contributed by atoms with Crippen LogP contribution in [0.15, 0.2) is 24.3 Å². The molecule has 1 rings (SSSR count). The van der Waals surface area contributed by atoms with E-state index in [1.54, 1.807) is 0 Å². The molecule has 86 valence electrons. The van der Waals surface area contributed by atoms with Crippen LogP contribution in [-0.2, 0) is 4.79 Å². The predicted octanol–water partition coefficient (Wildman–Crippen LogP) is 1.64. The van der Waals surface area contributed by atoms with Crippen molar-refractivity contribution < 1.29 is 15.0 Å². The molecule has 0 atom stereocenters. The van der Waals surface area contributed by atoms with E-state index in [1.807, 2.05) is 13.8 Å². The van der Waals surface area contributed by atoms with Crippen molar-refractivity contribution in [1.82, 2.24) is 5.32 Å². The minimum Gasteiger partial charge on any atom is -0.508 e. The van der Waals surface area contributed by atoms with Crippen molar-refractivity contribution in [3.05, 3.63) is 29.8 Å². The third kappa shape index (κ3) is 3.65. The minimum absolute atomic E-state index is 0.0127. The zero-order valence-electron chi connectivity index (χ0n) is 9.27. The molecule has 1 aromatic rings. The number of hydrogen-bond acceptors (Lipinski definition) is 3. The highest BCUT2D eigenvalue weighted by atomic mass is 16.3. The molecule has 1 amide bonds. The Hall–Kier alpha value is -1.97. The monoisotopic (exact) mass is 221 g/mol. The number of nitrogens with one attached hydrogen (secondary N) is 1. The number of carbonyl (C=O) groups is 1. The lowest BCUT2D eigenvalue weighted by atomic mass is 10.2. The maximum Gasteiger partial charge on any atom is 0.244 e. The Labute approximate surface area is 94.2 Å². The van der Waals surface area contributed by atoms with E-state index in [4.69, 9.17) is 5.11 Å². The van der Waals surface area contributed by atoms with Crippen LogP contribution in [0.25, 0.3) is 6.08 Å². The minimum atomic E-state index is -0.220. The van der Waals surface area contributed by atoms with Crippen LogP contribution in [0.5, 0.6) is 11.5 Å². The van der Waals surface area contributed by atoms with E-state index in [0.29, 0.717) is 5.56 Å². The number of phenols is 2. The van der Waals surface area contributed by atoms with Crippen LogP contribution in [0.3, 0.4) is 0 Å². The Morgan fingerprint density at radius 2 is 2.06 bits per heavy atom. The van der Waals surface area contributed by atoms with E-state index in [0.717, 1.165) is 0 Å². The first kappa shape index (κ1) is 12.1. The van der Waals surface area contributed by atoms with Gasteiger partial charge < -0.3 is 15.5 Å². The van der Waals surface area contributed by atoms with Crippen LogP contribution in [-0.4, -0.2) is 22.2 Å². The molecule has 0 aromatic heterocycles.